The first-order chi connectivity index (χ1) is 9.95. The van der Waals surface area contributed by atoms with Crippen LogP contribution in [-0.4, -0.2) is 17.4 Å². The van der Waals surface area contributed by atoms with Crippen molar-refractivity contribution in [2.24, 2.45) is 0 Å². The molecule has 1 amide bonds. The van der Waals surface area contributed by atoms with Gasteiger partial charge in [-0.15, -0.1) is 11.3 Å². The smallest absolute Gasteiger partial charge is 0.225 e. The van der Waals surface area contributed by atoms with Crippen LogP contribution in [0.4, 0.5) is 0 Å². The number of carbonyl (C=O) groups is 1. The van der Waals surface area contributed by atoms with Crippen molar-refractivity contribution in [1.82, 2.24) is 10.3 Å². The number of rotatable bonds is 5. The third kappa shape index (κ3) is 4.81. The highest BCUT2D eigenvalue weighted by Gasteiger charge is 2.09. The van der Waals surface area contributed by atoms with E-state index in [-0.39, 0.29) is 5.91 Å². The number of aryl methyl sites for hydroxylation is 1. The predicted molar refractivity (Wildman–Crippen MR) is 91.1 cm³/mol. The Morgan fingerprint density at radius 1 is 1.43 bits per heavy atom. The quantitative estimate of drug-likeness (QED) is 0.779. The Balaban J connectivity index is 1.84. The van der Waals surface area contributed by atoms with Gasteiger partial charge in [0, 0.05) is 27.2 Å². The molecule has 0 fully saturated rings. The second-order valence-electron chi connectivity index (χ2n) is 4.58. The normalized spacial score (nSPS) is 10.6. The molecule has 1 aromatic carbocycles. The Hall–Kier alpha value is -0.880. The van der Waals surface area contributed by atoms with Crippen molar-refractivity contribution in [2.75, 3.05) is 6.54 Å². The number of amides is 1. The molecule has 0 saturated carbocycles. The molecule has 21 heavy (non-hydrogen) atoms. The van der Waals surface area contributed by atoms with E-state index in [2.05, 4.69) is 10.3 Å². The molecule has 0 unspecified atom stereocenters. The molecule has 0 radical (unpaired) electrons. The second kappa shape index (κ2) is 7.40. The summed E-state index contributed by atoms with van der Waals surface area (Å²) in [4.78, 5) is 15.9. The molecule has 1 heterocycles. The lowest BCUT2D eigenvalue weighted by molar-refractivity contribution is -0.120. The molecule has 0 atom stereocenters. The number of hydrogen-bond donors (Lipinski definition) is 2. The van der Waals surface area contributed by atoms with E-state index in [1.807, 2.05) is 13.0 Å². The number of thiazole rings is 1. The lowest BCUT2D eigenvalue weighted by Gasteiger charge is -2.07. The SMILES string of the molecule is Cc1[nH]c(=S)sc1CC(=O)NCCc1ccc(Cl)cc1Cl. The van der Waals surface area contributed by atoms with E-state index in [1.54, 1.807) is 12.1 Å². The maximum absolute atomic E-state index is 11.9. The van der Waals surface area contributed by atoms with Gasteiger partial charge in [0.25, 0.3) is 0 Å². The van der Waals surface area contributed by atoms with Gasteiger partial charge in [-0.3, -0.25) is 4.79 Å². The molecule has 2 aromatic rings. The largest absolute Gasteiger partial charge is 0.355 e. The summed E-state index contributed by atoms with van der Waals surface area (Å²) in [6.45, 7) is 2.46. The van der Waals surface area contributed by atoms with Crippen LogP contribution in [0.15, 0.2) is 18.2 Å². The Morgan fingerprint density at radius 2 is 2.19 bits per heavy atom. The zero-order valence-electron chi connectivity index (χ0n) is 11.3. The average molecular weight is 361 g/mol. The fourth-order valence-electron chi connectivity index (χ4n) is 1.87. The van der Waals surface area contributed by atoms with Crippen molar-refractivity contribution in [3.8, 4) is 0 Å². The first-order valence-electron chi connectivity index (χ1n) is 6.35. The summed E-state index contributed by atoms with van der Waals surface area (Å²) in [7, 11) is 0. The summed E-state index contributed by atoms with van der Waals surface area (Å²) >= 11 is 18.4. The van der Waals surface area contributed by atoms with Crippen molar-refractivity contribution in [1.29, 1.82) is 0 Å². The lowest BCUT2D eigenvalue weighted by Crippen LogP contribution is -2.27. The van der Waals surface area contributed by atoms with Gasteiger partial charge in [0.1, 0.15) is 0 Å². The van der Waals surface area contributed by atoms with Gasteiger partial charge < -0.3 is 10.3 Å². The molecular weight excluding hydrogens is 347 g/mol. The number of H-pyrrole nitrogens is 1. The summed E-state index contributed by atoms with van der Waals surface area (Å²) in [6.07, 6.45) is 1.02. The highest BCUT2D eigenvalue weighted by molar-refractivity contribution is 7.73. The second-order valence-corrected chi connectivity index (χ2v) is 7.19. The minimum atomic E-state index is -0.0200. The molecule has 1 aromatic heterocycles. The van der Waals surface area contributed by atoms with Gasteiger partial charge in [0.2, 0.25) is 5.91 Å². The Bertz CT molecular complexity index is 709. The van der Waals surface area contributed by atoms with E-state index in [0.717, 1.165) is 16.1 Å². The number of hydrogen-bond acceptors (Lipinski definition) is 3. The van der Waals surface area contributed by atoms with Crippen molar-refractivity contribution in [3.05, 3.63) is 48.3 Å². The first kappa shape index (κ1) is 16.5. The van der Waals surface area contributed by atoms with Gasteiger partial charge in [0.15, 0.2) is 3.95 Å². The Kier molecular flexibility index (Phi) is 5.81. The van der Waals surface area contributed by atoms with Crippen molar-refractivity contribution in [2.45, 2.75) is 19.8 Å². The fourth-order valence-corrected chi connectivity index (χ4v) is 3.67. The van der Waals surface area contributed by atoms with E-state index in [9.17, 15) is 4.79 Å². The van der Waals surface area contributed by atoms with Crippen LogP contribution in [0, 0.1) is 10.9 Å². The van der Waals surface area contributed by atoms with Crippen LogP contribution < -0.4 is 5.32 Å². The number of benzene rings is 1. The van der Waals surface area contributed by atoms with Crippen LogP contribution in [0.5, 0.6) is 0 Å². The average Bonchev–Trinajstić information content (AvgIpc) is 2.70. The van der Waals surface area contributed by atoms with E-state index >= 15 is 0 Å². The third-order valence-corrected chi connectivity index (χ3v) is 4.90. The fraction of sp³-hybridized carbons (Fsp3) is 0.286. The van der Waals surface area contributed by atoms with Gasteiger partial charge in [-0.05, 0) is 43.3 Å². The van der Waals surface area contributed by atoms with E-state index in [1.165, 1.54) is 11.3 Å². The molecule has 0 aliphatic heterocycles. The molecule has 0 spiro atoms. The van der Waals surface area contributed by atoms with Gasteiger partial charge in [-0.2, -0.15) is 0 Å². The summed E-state index contributed by atoms with van der Waals surface area (Å²) in [5.74, 6) is -0.0200. The minimum Gasteiger partial charge on any atom is -0.355 e. The van der Waals surface area contributed by atoms with Crippen LogP contribution >= 0.6 is 46.8 Å². The topological polar surface area (TPSA) is 44.9 Å². The Labute approximate surface area is 142 Å². The predicted octanol–water partition coefficient (Wildman–Crippen LogP) is 4.32. The number of aromatic nitrogens is 1. The number of aromatic amines is 1. The van der Waals surface area contributed by atoms with Crippen LogP contribution in [-0.2, 0) is 17.6 Å². The van der Waals surface area contributed by atoms with Gasteiger partial charge in [-0.1, -0.05) is 29.3 Å². The maximum Gasteiger partial charge on any atom is 0.225 e. The lowest BCUT2D eigenvalue weighted by atomic mass is 10.1. The molecule has 112 valence electrons. The first-order valence-corrected chi connectivity index (χ1v) is 8.33. The van der Waals surface area contributed by atoms with Crippen LogP contribution in [0.1, 0.15) is 16.1 Å². The van der Waals surface area contributed by atoms with E-state index in [4.69, 9.17) is 35.4 Å². The minimum absolute atomic E-state index is 0.0200. The van der Waals surface area contributed by atoms with Crippen LogP contribution in [0.3, 0.4) is 0 Å². The van der Waals surface area contributed by atoms with Gasteiger partial charge in [-0.25, -0.2) is 0 Å². The number of halogens is 2. The van der Waals surface area contributed by atoms with Gasteiger partial charge >= 0.3 is 0 Å². The van der Waals surface area contributed by atoms with Crippen molar-refractivity contribution >= 4 is 52.7 Å². The molecule has 2 N–H and O–H groups in total. The highest BCUT2D eigenvalue weighted by Crippen LogP contribution is 2.21. The van der Waals surface area contributed by atoms with E-state index in [0.29, 0.717) is 33.4 Å². The molecule has 3 nitrogen and oxygen atoms in total. The van der Waals surface area contributed by atoms with Crippen LogP contribution in [0.25, 0.3) is 0 Å². The molecule has 7 heteroatoms. The summed E-state index contributed by atoms with van der Waals surface area (Å²) in [5.41, 5.74) is 1.93. The number of carbonyl (C=O) groups excluding carboxylic acids is 1. The van der Waals surface area contributed by atoms with Crippen molar-refractivity contribution in [3.63, 3.8) is 0 Å². The monoisotopic (exact) mass is 360 g/mol. The zero-order valence-corrected chi connectivity index (χ0v) is 14.5. The number of nitrogens with one attached hydrogen (secondary N) is 2. The summed E-state index contributed by atoms with van der Waals surface area (Å²) in [6, 6.07) is 5.37. The van der Waals surface area contributed by atoms with Crippen LogP contribution in [0.2, 0.25) is 10.0 Å². The molecule has 0 saturated heterocycles. The molecular formula is C14H14Cl2N2OS2. The molecule has 2 rings (SSSR count). The van der Waals surface area contributed by atoms with E-state index < -0.39 is 0 Å². The van der Waals surface area contributed by atoms with Gasteiger partial charge in [0.05, 0.1) is 6.42 Å². The molecule has 0 aliphatic rings. The zero-order chi connectivity index (χ0) is 15.4. The molecule has 0 aliphatic carbocycles. The highest BCUT2D eigenvalue weighted by atomic mass is 35.5. The molecule has 0 bridgehead atoms. The standard InChI is InChI=1S/C14H14Cl2N2OS2/c1-8-12(21-14(20)18-8)7-13(19)17-5-4-9-2-3-10(15)6-11(9)16/h2-3,6H,4-5,7H2,1H3,(H,17,19)(H,18,20). The Morgan fingerprint density at radius 3 is 2.81 bits per heavy atom. The maximum atomic E-state index is 11.9. The summed E-state index contributed by atoms with van der Waals surface area (Å²) < 4.78 is 0.697. The third-order valence-electron chi connectivity index (χ3n) is 2.98. The van der Waals surface area contributed by atoms with Crippen molar-refractivity contribution < 1.29 is 4.79 Å². The summed E-state index contributed by atoms with van der Waals surface area (Å²) in [5, 5.41) is 4.12.